The molecule has 0 aromatic carbocycles. The molecule has 1 saturated carbocycles. The maximum atomic E-state index is 14.6. The number of likely N-dealkylation sites (tertiary alicyclic amines) is 1. The van der Waals surface area contributed by atoms with Crippen LogP contribution in [0.15, 0.2) is 25.3 Å². The highest BCUT2D eigenvalue weighted by Crippen LogP contribution is 2.71. The number of amides is 3. The minimum Gasteiger partial charge on any atom is -0.396 e. The number of fused-ring (bicyclic) bond motifs is 1. The lowest BCUT2D eigenvalue weighted by molar-refractivity contribution is -0.145. The molecule has 0 radical (unpaired) electrons. The average Bonchev–Trinajstić information content (AvgIpc) is 3.47. The first-order chi connectivity index (χ1) is 18.3. The smallest absolute Gasteiger partial charge is 0.247 e. The number of aliphatic hydroxyl groups excluding tert-OH is 1. The molecule has 2 unspecified atom stereocenters. The Bertz CT molecular complexity index is 921. The van der Waals surface area contributed by atoms with Crippen molar-refractivity contribution in [1.82, 2.24) is 14.7 Å². The Hall–Kier alpha value is -1.80. The van der Waals surface area contributed by atoms with Crippen molar-refractivity contribution in [2.45, 2.75) is 99.1 Å². The molecule has 3 aliphatic heterocycles. The van der Waals surface area contributed by atoms with Gasteiger partial charge in [0.2, 0.25) is 17.7 Å². The van der Waals surface area contributed by atoms with Crippen molar-refractivity contribution in [3.05, 3.63) is 25.3 Å². The summed E-state index contributed by atoms with van der Waals surface area (Å²) in [6.07, 6.45) is 13.9. The molecule has 38 heavy (non-hydrogen) atoms. The van der Waals surface area contributed by atoms with Gasteiger partial charge in [0.1, 0.15) is 6.04 Å². The van der Waals surface area contributed by atoms with Crippen molar-refractivity contribution in [2.24, 2.45) is 11.8 Å². The van der Waals surface area contributed by atoms with Crippen LogP contribution < -0.4 is 0 Å². The highest BCUT2D eigenvalue weighted by molar-refractivity contribution is 8.02. The van der Waals surface area contributed by atoms with Crippen LogP contribution in [0.5, 0.6) is 0 Å². The Balaban J connectivity index is 1.69. The zero-order valence-electron chi connectivity index (χ0n) is 23.4. The van der Waals surface area contributed by atoms with Gasteiger partial charge in [-0.25, -0.2) is 0 Å². The standard InChI is InChI=1S/C30H47N3O4S/c1-5-18-31(4)26(35)23-24-27(36)33(20-12-7-8-13-21-34)25(30(24)17-16-29(23,3)38-30)28(37)32(19-6-2)22-14-10-9-11-15-22/h5-6,22-25,34H,1-2,7-21H2,3-4H3/t23-,24-,25?,29+,30?/m0/s1. The van der Waals surface area contributed by atoms with E-state index in [1.165, 1.54) is 6.42 Å². The maximum Gasteiger partial charge on any atom is 0.247 e. The largest absolute Gasteiger partial charge is 0.396 e. The summed E-state index contributed by atoms with van der Waals surface area (Å²) in [4.78, 5) is 48.2. The van der Waals surface area contributed by atoms with Crippen molar-refractivity contribution in [3.63, 3.8) is 0 Å². The number of thioether (sulfide) groups is 1. The fourth-order valence-electron chi connectivity index (χ4n) is 7.70. The fraction of sp³-hybridized carbons (Fsp3) is 0.767. The molecule has 0 aromatic heterocycles. The van der Waals surface area contributed by atoms with E-state index < -0.39 is 22.6 Å². The molecule has 3 heterocycles. The summed E-state index contributed by atoms with van der Waals surface area (Å²) < 4.78 is -0.926. The van der Waals surface area contributed by atoms with Crippen LogP contribution in [0.1, 0.15) is 77.6 Å². The molecule has 4 fully saturated rings. The molecule has 1 N–H and O–H groups in total. The summed E-state index contributed by atoms with van der Waals surface area (Å²) in [7, 11) is 1.78. The number of carbonyl (C=O) groups is 3. The second kappa shape index (κ2) is 12.2. The van der Waals surface area contributed by atoms with Gasteiger partial charge in [0.05, 0.1) is 16.6 Å². The van der Waals surface area contributed by atoms with E-state index in [1.54, 1.807) is 29.8 Å². The summed E-state index contributed by atoms with van der Waals surface area (Å²) in [6.45, 7) is 11.5. The van der Waals surface area contributed by atoms with Gasteiger partial charge in [0, 0.05) is 44.1 Å². The van der Waals surface area contributed by atoms with Crippen molar-refractivity contribution >= 4 is 29.5 Å². The van der Waals surface area contributed by atoms with Crippen LogP contribution >= 0.6 is 11.8 Å². The van der Waals surface area contributed by atoms with Gasteiger partial charge in [0.25, 0.3) is 0 Å². The quantitative estimate of drug-likeness (QED) is 0.279. The molecular weight excluding hydrogens is 498 g/mol. The second-order valence-corrected chi connectivity index (χ2v) is 13.9. The molecule has 1 spiro atoms. The zero-order chi connectivity index (χ0) is 27.5. The molecule has 212 valence electrons. The van der Waals surface area contributed by atoms with E-state index in [2.05, 4.69) is 20.1 Å². The van der Waals surface area contributed by atoms with Crippen molar-refractivity contribution in [2.75, 3.05) is 33.3 Å². The lowest BCUT2D eigenvalue weighted by atomic mass is 9.66. The molecule has 3 saturated heterocycles. The van der Waals surface area contributed by atoms with Crippen LogP contribution in [-0.4, -0.2) is 92.4 Å². The first-order valence-corrected chi connectivity index (χ1v) is 15.5. The number of unbranched alkanes of at least 4 members (excludes halogenated alkanes) is 3. The Labute approximate surface area is 233 Å². The minimum absolute atomic E-state index is 0.00829. The Morgan fingerprint density at radius 2 is 1.74 bits per heavy atom. The minimum atomic E-state index is -0.572. The highest BCUT2D eigenvalue weighted by atomic mass is 32.2. The molecule has 3 amide bonds. The molecule has 2 bridgehead atoms. The average molecular weight is 546 g/mol. The topological polar surface area (TPSA) is 81.2 Å². The predicted molar refractivity (Wildman–Crippen MR) is 153 cm³/mol. The number of rotatable bonds is 13. The summed E-state index contributed by atoms with van der Waals surface area (Å²) >= 11 is 1.75. The van der Waals surface area contributed by atoms with Crippen molar-refractivity contribution < 1.29 is 19.5 Å². The Morgan fingerprint density at radius 1 is 1.05 bits per heavy atom. The van der Waals surface area contributed by atoms with Gasteiger partial charge in [-0.3, -0.25) is 14.4 Å². The van der Waals surface area contributed by atoms with Crippen LogP contribution in [0.2, 0.25) is 0 Å². The van der Waals surface area contributed by atoms with Crippen LogP contribution in [-0.2, 0) is 14.4 Å². The molecule has 7 nitrogen and oxygen atoms in total. The normalized spacial score (nSPS) is 32.3. The van der Waals surface area contributed by atoms with E-state index in [0.717, 1.165) is 64.2 Å². The first-order valence-electron chi connectivity index (χ1n) is 14.6. The van der Waals surface area contributed by atoms with Gasteiger partial charge in [-0.2, -0.15) is 0 Å². The summed E-state index contributed by atoms with van der Waals surface area (Å²) in [5.41, 5.74) is 0. The van der Waals surface area contributed by atoms with E-state index in [1.807, 2.05) is 15.9 Å². The lowest BCUT2D eigenvalue weighted by Crippen LogP contribution is -2.57. The van der Waals surface area contributed by atoms with E-state index in [9.17, 15) is 14.4 Å². The molecule has 8 heteroatoms. The SMILES string of the molecule is C=CCN(C)C(=O)[C@@H]1[C@H]2C(=O)N(CCCCCCO)C(C(=O)N(CC=C)C3CCCCC3)C23CC[C@@]1(C)S3. The number of hydrogen-bond acceptors (Lipinski definition) is 5. The lowest BCUT2D eigenvalue weighted by Gasteiger charge is -2.41. The van der Waals surface area contributed by atoms with Gasteiger partial charge in [0.15, 0.2) is 0 Å². The molecule has 4 rings (SSSR count). The van der Waals surface area contributed by atoms with Gasteiger partial charge in [-0.1, -0.05) is 44.3 Å². The van der Waals surface area contributed by atoms with Crippen LogP contribution in [0.4, 0.5) is 0 Å². The van der Waals surface area contributed by atoms with E-state index in [4.69, 9.17) is 5.11 Å². The third kappa shape index (κ3) is 5.07. The van der Waals surface area contributed by atoms with E-state index in [0.29, 0.717) is 19.6 Å². The van der Waals surface area contributed by atoms with Gasteiger partial charge in [-0.05, 0) is 45.4 Å². The highest BCUT2D eigenvalue weighted by Gasteiger charge is 2.77. The predicted octanol–water partition coefficient (Wildman–Crippen LogP) is 4.01. The first kappa shape index (κ1) is 29.2. The van der Waals surface area contributed by atoms with Gasteiger partial charge in [-0.15, -0.1) is 24.9 Å². The van der Waals surface area contributed by atoms with Crippen LogP contribution in [0.25, 0.3) is 0 Å². The Morgan fingerprint density at radius 3 is 2.39 bits per heavy atom. The summed E-state index contributed by atoms with van der Waals surface area (Å²) in [6, 6.07) is -0.365. The van der Waals surface area contributed by atoms with Crippen molar-refractivity contribution in [3.8, 4) is 0 Å². The molecule has 1 aliphatic carbocycles. The molecule has 4 aliphatic rings. The van der Waals surface area contributed by atoms with Crippen LogP contribution in [0, 0.1) is 11.8 Å². The number of aliphatic hydroxyl groups is 1. The number of likely N-dealkylation sites (N-methyl/N-ethyl adjacent to an activating group) is 1. The molecule has 0 aromatic rings. The number of hydrogen-bond donors (Lipinski definition) is 1. The number of carbonyl (C=O) groups excluding carboxylic acids is 3. The van der Waals surface area contributed by atoms with E-state index in [-0.39, 0.29) is 35.1 Å². The van der Waals surface area contributed by atoms with E-state index >= 15 is 0 Å². The monoisotopic (exact) mass is 545 g/mol. The van der Waals surface area contributed by atoms with Crippen LogP contribution in [0.3, 0.4) is 0 Å². The van der Waals surface area contributed by atoms with Crippen molar-refractivity contribution in [1.29, 1.82) is 0 Å². The summed E-state index contributed by atoms with van der Waals surface area (Å²) in [5, 5.41) is 9.17. The number of nitrogens with zero attached hydrogens (tertiary/aromatic N) is 3. The maximum absolute atomic E-state index is 14.6. The van der Waals surface area contributed by atoms with Gasteiger partial charge >= 0.3 is 0 Å². The fourth-order valence-corrected chi connectivity index (χ4v) is 10.0. The third-order valence-corrected chi connectivity index (χ3v) is 11.5. The van der Waals surface area contributed by atoms with Gasteiger partial charge < -0.3 is 19.8 Å². The molecular formula is C30H47N3O4S. The Kier molecular flexibility index (Phi) is 9.34. The zero-order valence-corrected chi connectivity index (χ0v) is 24.2. The second-order valence-electron chi connectivity index (χ2n) is 12.0. The summed E-state index contributed by atoms with van der Waals surface area (Å²) in [5.74, 6) is -0.891. The third-order valence-electron chi connectivity index (χ3n) is 9.49. The molecule has 5 atom stereocenters.